The zero-order valence-corrected chi connectivity index (χ0v) is 15.1. The predicted molar refractivity (Wildman–Crippen MR) is 92.0 cm³/mol. The number of esters is 2. The summed E-state index contributed by atoms with van der Waals surface area (Å²) in [7, 11) is 0. The van der Waals surface area contributed by atoms with Crippen molar-refractivity contribution in [2.45, 2.75) is 78.3 Å². The predicted octanol–water partition coefficient (Wildman–Crippen LogP) is 3.29. The Bertz CT molecular complexity index is 489. The van der Waals surface area contributed by atoms with Crippen LogP contribution in [0.25, 0.3) is 0 Å². The fourth-order valence-electron chi connectivity index (χ4n) is 2.80. The number of hydrogen-bond donors (Lipinski definition) is 0. The first kappa shape index (κ1) is 18.6. The average molecular weight is 336 g/mol. The van der Waals surface area contributed by atoms with E-state index in [4.69, 9.17) is 9.47 Å². The van der Waals surface area contributed by atoms with Crippen molar-refractivity contribution >= 4 is 23.7 Å². The smallest absolute Gasteiger partial charge is 0.337 e. The van der Waals surface area contributed by atoms with Crippen molar-refractivity contribution in [2.75, 3.05) is 0 Å². The molecule has 6 heteroatoms. The second-order valence-electron chi connectivity index (χ2n) is 7.18. The Morgan fingerprint density at radius 1 is 0.750 bits per heavy atom. The maximum absolute atomic E-state index is 11.6. The van der Waals surface area contributed by atoms with Gasteiger partial charge < -0.3 is 9.47 Å². The van der Waals surface area contributed by atoms with Crippen molar-refractivity contribution in [1.82, 2.24) is 0 Å². The molecular formula is C18H28N2O4. The SMILES string of the molecule is CC(C)C1N=C(CCCCCCC2=NC(C(C)C)C(=O)O2)OC1=O. The van der Waals surface area contributed by atoms with Crippen molar-refractivity contribution in [1.29, 1.82) is 0 Å². The molecule has 2 unspecified atom stereocenters. The van der Waals surface area contributed by atoms with E-state index in [0.29, 0.717) is 24.6 Å². The van der Waals surface area contributed by atoms with E-state index in [1.54, 1.807) is 0 Å². The second kappa shape index (κ2) is 8.40. The van der Waals surface area contributed by atoms with E-state index in [1.165, 1.54) is 0 Å². The van der Waals surface area contributed by atoms with Gasteiger partial charge in [-0.3, -0.25) is 0 Å². The molecule has 24 heavy (non-hydrogen) atoms. The van der Waals surface area contributed by atoms with E-state index in [-0.39, 0.29) is 35.9 Å². The van der Waals surface area contributed by atoms with E-state index in [9.17, 15) is 9.59 Å². The molecule has 0 radical (unpaired) electrons. The zero-order chi connectivity index (χ0) is 17.7. The van der Waals surface area contributed by atoms with Crippen LogP contribution in [0.15, 0.2) is 9.98 Å². The molecule has 0 aromatic carbocycles. The number of cyclic esters (lactones) is 2. The van der Waals surface area contributed by atoms with Crippen LogP contribution in [0.5, 0.6) is 0 Å². The van der Waals surface area contributed by atoms with Crippen LogP contribution in [0.1, 0.15) is 66.2 Å². The molecule has 0 spiro atoms. The molecule has 0 aromatic rings. The molecule has 0 amide bonds. The van der Waals surface area contributed by atoms with E-state index >= 15 is 0 Å². The van der Waals surface area contributed by atoms with Crippen LogP contribution in [-0.4, -0.2) is 35.8 Å². The van der Waals surface area contributed by atoms with Gasteiger partial charge in [-0.2, -0.15) is 0 Å². The lowest BCUT2D eigenvalue weighted by molar-refractivity contribution is -0.136. The molecule has 2 atom stereocenters. The third kappa shape index (κ3) is 4.89. The molecule has 2 aliphatic rings. The molecule has 0 fully saturated rings. The summed E-state index contributed by atoms with van der Waals surface area (Å²) in [6, 6.07) is -0.659. The van der Waals surface area contributed by atoms with Gasteiger partial charge in [-0.05, 0) is 24.7 Å². The summed E-state index contributed by atoms with van der Waals surface area (Å²) < 4.78 is 10.4. The van der Waals surface area contributed by atoms with Crippen LogP contribution in [0, 0.1) is 11.8 Å². The Balaban J connectivity index is 1.60. The summed E-state index contributed by atoms with van der Waals surface area (Å²) in [4.78, 5) is 31.9. The Morgan fingerprint density at radius 2 is 1.12 bits per heavy atom. The highest BCUT2D eigenvalue weighted by atomic mass is 16.6. The Kier molecular flexibility index (Phi) is 6.52. The topological polar surface area (TPSA) is 77.3 Å². The molecule has 2 heterocycles. The molecule has 0 saturated heterocycles. The van der Waals surface area contributed by atoms with Crippen LogP contribution >= 0.6 is 0 Å². The number of nitrogens with zero attached hydrogens (tertiary/aromatic N) is 2. The molecule has 0 bridgehead atoms. The molecule has 134 valence electrons. The molecule has 0 N–H and O–H groups in total. The monoisotopic (exact) mass is 336 g/mol. The van der Waals surface area contributed by atoms with Crippen molar-refractivity contribution < 1.29 is 19.1 Å². The van der Waals surface area contributed by atoms with Gasteiger partial charge in [0.25, 0.3) is 0 Å². The van der Waals surface area contributed by atoms with E-state index < -0.39 is 0 Å². The lowest BCUT2D eigenvalue weighted by Gasteiger charge is -2.05. The van der Waals surface area contributed by atoms with Gasteiger partial charge in [0.1, 0.15) is 0 Å². The summed E-state index contributed by atoms with van der Waals surface area (Å²) >= 11 is 0. The molecule has 6 nitrogen and oxygen atoms in total. The highest BCUT2D eigenvalue weighted by molar-refractivity contribution is 5.97. The molecule has 2 rings (SSSR count). The number of aliphatic imine (C=N–C) groups is 2. The van der Waals surface area contributed by atoms with Crippen molar-refractivity contribution in [3.05, 3.63) is 0 Å². The number of carbonyl (C=O) groups is 2. The van der Waals surface area contributed by atoms with Crippen molar-refractivity contribution in [2.24, 2.45) is 21.8 Å². The van der Waals surface area contributed by atoms with Crippen LogP contribution in [0.3, 0.4) is 0 Å². The number of hydrogen-bond acceptors (Lipinski definition) is 6. The van der Waals surface area contributed by atoms with Crippen LogP contribution in [0.2, 0.25) is 0 Å². The third-order valence-electron chi connectivity index (χ3n) is 4.28. The fraction of sp³-hybridized carbons (Fsp3) is 0.778. The number of carbonyl (C=O) groups excluding carboxylic acids is 2. The van der Waals surface area contributed by atoms with Crippen molar-refractivity contribution in [3.63, 3.8) is 0 Å². The van der Waals surface area contributed by atoms with Gasteiger partial charge in [-0.15, -0.1) is 0 Å². The standard InChI is InChI=1S/C18H28N2O4/c1-11(2)15-17(21)23-13(19-15)9-7-5-6-8-10-14-20-16(12(3)4)18(22)24-14/h11-12,15-16H,5-10H2,1-4H3. The average Bonchev–Trinajstić information content (AvgIpc) is 3.05. The van der Waals surface area contributed by atoms with Gasteiger partial charge in [0.2, 0.25) is 0 Å². The summed E-state index contributed by atoms with van der Waals surface area (Å²) in [6.07, 6.45) is 5.35. The Hall–Kier alpha value is -1.72. The maximum atomic E-state index is 11.6. The third-order valence-corrected chi connectivity index (χ3v) is 4.28. The zero-order valence-electron chi connectivity index (χ0n) is 15.1. The van der Waals surface area contributed by atoms with Crippen molar-refractivity contribution in [3.8, 4) is 0 Å². The van der Waals surface area contributed by atoms with Gasteiger partial charge in [-0.1, -0.05) is 40.5 Å². The quantitative estimate of drug-likeness (QED) is 0.478. The first-order valence-corrected chi connectivity index (χ1v) is 8.95. The molecular weight excluding hydrogens is 308 g/mol. The van der Waals surface area contributed by atoms with E-state index in [1.807, 2.05) is 27.7 Å². The minimum atomic E-state index is -0.330. The molecule has 0 aliphatic carbocycles. The number of ether oxygens (including phenoxy) is 2. The van der Waals surface area contributed by atoms with E-state index in [2.05, 4.69) is 9.98 Å². The normalized spacial score (nSPS) is 23.6. The highest BCUT2D eigenvalue weighted by Gasteiger charge is 2.31. The summed E-state index contributed by atoms with van der Waals surface area (Å²) in [5, 5.41) is 0. The van der Waals surface area contributed by atoms with Crippen LogP contribution in [0.4, 0.5) is 0 Å². The van der Waals surface area contributed by atoms with Gasteiger partial charge >= 0.3 is 11.9 Å². The van der Waals surface area contributed by atoms with E-state index in [0.717, 1.165) is 25.7 Å². The van der Waals surface area contributed by atoms with Gasteiger partial charge in [0, 0.05) is 12.8 Å². The Labute approximate surface area is 143 Å². The second-order valence-corrected chi connectivity index (χ2v) is 7.18. The number of rotatable bonds is 9. The molecule has 0 aromatic heterocycles. The van der Waals surface area contributed by atoms with Gasteiger partial charge in [-0.25, -0.2) is 19.6 Å². The largest absolute Gasteiger partial charge is 0.410 e. The fourth-order valence-corrected chi connectivity index (χ4v) is 2.80. The minimum Gasteiger partial charge on any atom is -0.410 e. The first-order valence-electron chi connectivity index (χ1n) is 8.95. The van der Waals surface area contributed by atoms with Crippen LogP contribution < -0.4 is 0 Å². The van der Waals surface area contributed by atoms with Gasteiger partial charge in [0.15, 0.2) is 23.9 Å². The first-order chi connectivity index (χ1) is 11.4. The summed E-state index contributed by atoms with van der Waals surface area (Å²) in [6.45, 7) is 7.89. The molecule has 0 saturated carbocycles. The summed E-state index contributed by atoms with van der Waals surface area (Å²) in [5.41, 5.74) is 0. The Morgan fingerprint density at radius 3 is 1.42 bits per heavy atom. The minimum absolute atomic E-state index is 0.180. The summed E-state index contributed by atoms with van der Waals surface area (Å²) in [5.74, 6) is 1.07. The maximum Gasteiger partial charge on any atom is 0.337 e. The van der Waals surface area contributed by atoms with Gasteiger partial charge in [0.05, 0.1) is 0 Å². The number of unbranched alkanes of at least 4 members (excludes halogenated alkanes) is 3. The highest BCUT2D eigenvalue weighted by Crippen LogP contribution is 2.20. The molecule has 2 aliphatic heterocycles. The lowest BCUT2D eigenvalue weighted by atomic mass is 10.1. The van der Waals surface area contributed by atoms with Crippen LogP contribution in [-0.2, 0) is 19.1 Å². The lowest BCUT2D eigenvalue weighted by Crippen LogP contribution is -2.20.